The number of aromatic nitrogens is 2. The van der Waals surface area contributed by atoms with Crippen LogP contribution in [0.3, 0.4) is 0 Å². The van der Waals surface area contributed by atoms with Gasteiger partial charge < -0.3 is 19.8 Å². The summed E-state index contributed by atoms with van der Waals surface area (Å²) in [5, 5.41) is 20.3. The number of anilines is 1. The van der Waals surface area contributed by atoms with Crippen molar-refractivity contribution in [2.45, 2.75) is 69.5 Å². The van der Waals surface area contributed by atoms with Crippen LogP contribution in [0.1, 0.15) is 68.9 Å². The van der Waals surface area contributed by atoms with Gasteiger partial charge in [0.05, 0.1) is 17.6 Å². The number of benzene rings is 3. The van der Waals surface area contributed by atoms with E-state index in [-0.39, 0.29) is 23.4 Å². The second-order valence-electron chi connectivity index (χ2n) is 14.6. The number of piperidine rings is 2. The van der Waals surface area contributed by atoms with E-state index in [4.69, 9.17) is 14.6 Å². The van der Waals surface area contributed by atoms with Crippen LogP contribution >= 0.6 is 0 Å². The molecule has 3 saturated heterocycles. The molecule has 0 saturated carbocycles. The number of aliphatic carboxylic acids is 1. The standard InChI is InChI=1S/C36H41FN6O8S.C2HF3O2/c1-40-29-18-23(7-9-27(29)43(36(40)48)28-10-11-31(45)38-35(28)47)22-12-15-41(16-13-22)14-4-2-3-5-17-51-25-8-6-24-19-30(44)34(33(37)26(24)20-25)42-21-32(46)39-52(42,49)50;3-2(4,5)1(6)7/h6-9,18-20,22,28,44H,2-5,10-17,21H2,1H3,(H,39,46)(H,38,45,47);(H,6,7). The molecule has 0 spiro atoms. The number of nitrogens with one attached hydrogen (secondary N) is 2. The summed E-state index contributed by atoms with van der Waals surface area (Å²) in [6.45, 7) is 2.77. The first-order chi connectivity index (χ1) is 27.9. The molecule has 4 aromatic rings. The molecule has 3 aromatic carbocycles. The molecule has 0 bridgehead atoms. The predicted molar refractivity (Wildman–Crippen MR) is 205 cm³/mol. The van der Waals surface area contributed by atoms with E-state index in [2.05, 4.69) is 22.3 Å². The smallest absolute Gasteiger partial charge is 0.490 e. The number of rotatable bonds is 11. The van der Waals surface area contributed by atoms with Gasteiger partial charge in [0.15, 0.2) is 5.82 Å². The average molecular weight is 851 g/mol. The SMILES string of the molecule is Cn1c(=O)n(C2CCC(=O)NC2=O)c2ccc(C3CCN(CCCCCCOc4ccc5cc(O)c(N6CC(=O)NS6(=O)=O)c(F)c5c4)CC3)cc21.O=C(O)C(F)(F)F. The van der Waals surface area contributed by atoms with E-state index in [0.717, 1.165) is 63.7 Å². The number of hydrogen-bond donors (Lipinski definition) is 4. The van der Waals surface area contributed by atoms with Crippen molar-refractivity contribution in [2.24, 2.45) is 7.05 Å². The molecule has 1 unspecified atom stereocenters. The number of carbonyl (C=O) groups is 4. The van der Waals surface area contributed by atoms with E-state index in [9.17, 15) is 45.9 Å². The number of hydrogen-bond acceptors (Lipinski definition) is 10. The van der Waals surface area contributed by atoms with Crippen molar-refractivity contribution in [1.29, 1.82) is 0 Å². The summed E-state index contributed by atoms with van der Waals surface area (Å²) in [6, 6.07) is 11.3. The number of alkyl halides is 3. The van der Waals surface area contributed by atoms with Crippen LogP contribution in [0.5, 0.6) is 11.5 Å². The Morgan fingerprint density at radius 1 is 0.932 bits per heavy atom. The Bertz CT molecular complexity index is 2460. The van der Waals surface area contributed by atoms with Crippen LogP contribution in [0.15, 0.2) is 47.3 Å². The molecule has 1 atom stereocenters. The van der Waals surface area contributed by atoms with Crippen LogP contribution < -0.4 is 24.8 Å². The number of phenolic OH excluding ortho intramolecular Hbond substituents is 1. The number of halogens is 4. The van der Waals surface area contributed by atoms with Gasteiger partial charge in [0.25, 0.3) is 5.91 Å². The Kier molecular flexibility index (Phi) is 12.5. The number of imide groups is 1. The fourth-order valence-corrected chi connectivity index (χ4v) is 8.78. The van der Waals surface area contributed by atoms with Gasteiger partial charge in [0, 0.05) is 18.9 Å². The van der Waals surface area contributed by atoms with Crippen LogP contribution in [0, 0.1) is 5.82 Å². The lowest BCUT2D eigenvalue weighted by atomic mass is 9.89. The van der Waals surface area contributed by atoms with E-state index < -0.39 is 64.0 Å². The molecule has 4 N–H and O–H groups in total. The number of likely N-dealkylation sites (tertiary alicyclic amines) is 1. The number of carboxylic acids is 1. The minimum Gasteiger partial charge on any atom is -0.506 e. The maximum absolute atomic E-state index is 15.5. The Balaban J connectivity index is 0.000000768. The molecule has 21 heteroatoms. The van der Waals surface area contributed by atoms with Gasteiger partial charge in [-0.3, -0.25) is 28.8 Å². The average Bonchev–Trinajstić information content (AvgIpc) is 3.59. The molecular weight excluding hydrogens is 809 g/mol. The van der Waals surface area contributed by atoms with Crippen molar-refractivity contribution in [1.82, 2.24) is 24.1 Å². The molecule has 4 heterocycles. The van der Waals surface area contributed by atoms with Gasteiger partial charge in [-0.2, -0.15) is 21.6 Å². The number of ether oxygens (including phenoxy) is 1. The summed E-state index contributed by atoms with van der Waals surface area (Å²) >= 11 is 0. The van der Waals surface area contributed by atoms with Crippen LogP contribution in [-0.4, -0.2) is 95.3 Å². The first kappa shape index (κ1) is 42.9. The zero-order chi connectivity index (χ0) is 42.8. The maximum atomic E-state index is 15.5. The number of imidazole rings is 1. The van der Waals surface area contributed by atoms with E-state index in [1.54, 1.807) is 28.5 Å². The number of carboxylic acid groups (broad SMARTS) is 1. The fraction of sp³-hybridized carbons (Fsp3) is 0.447. The Morgan fingerprint density at radius 2 is 1.63 bits per heavy atom. The van der Waals surface area contributed by atoms with Crippen molar-refractivity contribution in [2.75, 3.05) is 37.1 Å². The van der Waals surface area contributed by atoms with Crippen molar-refractivity contribution in [3.05, 3.63) is 64.3 Å². The number of aromatic hydroxyl groups is 1. The summed E-state index contributed by atoms with van der Waals surface area (Å²) in [7, 11) is -2.58. The number of amides is 3. The zero-order valence-corrected chi connectivity index (χ0v) is 32.6. The number of fused-ring (bicyclic) bond motifs is 2. The molecular formula is C38H42F4N6O10S. The fourth-order valence-electron chi connectivity index (χ4n) is 7.61. The highest BCUT2D eigenvalue weighted by Gasteiger charge is 2.39. The van der Waals surface area contributed by atoms with Gasteiger partial charge >= 0.3 is 28.0 Å². The van der Waals surface area contributed by atoms with Crippen molar-refractivity contribution in [3.8, 4) is 11.5 Å². The molecule has 318 valence electrons. The number of unbranched alkanes of at least 4 members (excludes halogenated alkanes) is 3. The largest absolute Gasteiger partial charge is 0.506 e. The van der Waals surface area contributed by atoms with E-state index >= 15 is 4.39 Å². The normalized spacial score (nSPS) is 18.8. The van der Waals surface area contributed by atoms with E-state index in [1.807, 2.05) is 6.07 Å². The highest BCUT2D eigenvalue weighted by molar-refractivity contribution is 7.92. The molecule has 0 aliphatic carbocycles. The summed E-state index contributed by atoms with van der Waals surface area (Å²) < 4.78 is 83.0. The third-order valence-electron chi connectivity index (χ3n) is 10.6. The minimum absolute atomic E-state index is 0.0682. The molecule has 3 fully saturated rings. The lowest BCUT2D eigenvalue weighted by molar-refractivity contribution is -0.192. The van der Waals surface area contributed by atoms with Crippen LogP contribution in [0.4, 0.5) is 23.2 Å². The lowest BCUT2D eigenvalue weighted by Gasteiger charge is -2.32. The summed E-state index contributed by atoms with van der Waals surface area (Å²) in [6.07, 6.45) is 1.30. The van der Waals surface area contributed by atoms with Gasteiger partial charge in [-0.1, -0.05) is 25.0 Å². The van der Waals surface area contributed by atoms with Gasteiger partial charge in [-0.05, 0) is 98.9 Å². The van der Waals surface area contributed by atoms with Crippen LogP contribution in [0.2, 0.25) is 0 Å². The second-order valence-corrected chi connectivity index (χ2v) is 16.2. The van der Waals surface area contributed by atoms with E-state index in [0.29, 0.717) is 39.9 Å². The molecule has 3 amide bonds. The first-order valence-electron chi connectivity index (χ1n) is 18.8. The highest BCUT2D eigenvalue weighted by atomic mass is 32.2. The van der Waals surface area contributed by atoms with Gasteiger partial charge in [-0.25, -0.2) is 23.0 Å². The third kappa shape index (κ3) is 9.46. The highest BCUT2D eigenvalue weighted by Crippen LogP contribution is 2.39. The number of carbonyl (C=O) groups excluding carboxylic acids is 3. The number of phenols is 1. The Labute approximate surface area is 334 Å². The Morgan fingerprint density at radius 3 is 2.27 bits per heavy atom. The minimum atomic E-state index is -5.08. The first-order valence-corrected chi connectivity index (χ1v) is 20.3. The van der Waals surface area contributed by atoms with Crippen molar-refractivity contribution >= 4 is 61.4 Å². The quantitative estimate of drug-likeness (QED) is 0.0965. The monoisotopic (exact) mass is 850 g/mol. The predicted octanol–water partition coefficient (Wildman–Crippen LogP) is 3.95. The molecule has 7 rings (SSSR count). The summed E-state index contributed by atoms with van der Waals surface area (Å²) in [5.41, 5.74) is 1.82. The maximum Gasteiger partial charge on any atom is 0.490 e. The van der Waals surface area contributed by atoms with Crippen molar-refractivity contribution in [3.63, 3.8) is 0 Å². The molecule has 1 aromatic heterocycles. The molecule has 59 heavy (non-hydrogen) atoms. The zero-order valence-electron chi connectivity index (χ0n) is 31.8. The van der Waals surface area contributed by atoms with Crippen LogP contribution in [-0.2, 0) is 36.4 Å². The number of aryl methyl sites for hydroxylation is 1. The van der Waals surface area contributed by atoms with Gasteiger partial charge in [0.2, 0.25) is 11.8 Å². The molecule has 3 aliphatic rings. The van der Waals surface area contributed by atoms with Gasteiger partial charge in [-0.15, -0.1) is 0 Å². The number of nitrogens with zero attached hydrogens (tertiary/aromatic N) is 4. The second kappa shape index (κ2) is 17.3. The molecule has 16 nitrogen and oxygen atoms in total. The van der Waals surface area contributed by atoms with Crippen LogP contribution in [0.25, 0.3) is 21.8 Å². The summed E-state index contributed by atoms with van der Waals surface area (Å²) in [5.74, 6) is -5.08. The molecule has 3 aliphatic heterocycles. The molecule has 0 radical (unpaired) electrons. The summed E-state index contributed by atoms with van der Waals surface area (Å²) in [4.78, 5) is 60.3. The Hall–Kier alpha value is -5.70. The van der Waals surface area contributed by atoms with Crippen molar-refractivity contribution < 1.29 is 60.1 Å². The van der Waals surface area contributed by atoms with Gasteiger partial charge in [0.1, 0.15) is 29.8 Å². The topological polar surface area (TPSA) is 210 Å². The lowest BCUT2D eigenvalue weighted by Crippen LogP contribution is -2.44. The third-order valence-corrected chi connectivity index (χ3v) is 12.0. The van der Waals surface area contributed by atoms with E-state index in [1.165, 1.54) is 22.3 Å².